The van der Waals surface area contributed by atoms with Crippen molar-refractivity contribution in [1.29, 1.82) is 0 Å². The molecule has 0 bridgehead atoms. The molecule has 1 saturated heterocycles. The molecule has 2 atom stereocenters. The Morgan fingerprint density at radius 3 is 2.64 bits per heavy atom. The van der Waals surface area contributed by atoms with Crippen LogP contribution in [0.25, 0.3) is 0 Å². The van der Waals surface area contributed by atoms with Crippen LogP contribution >= 0.6 is 0 Å². The van der Waals surface area contributed by atoms with Crippen LogP contribution in [0.15, 0.2) is 42.5 Å². The van der Waals surface area contributed by atoms with Crippen LogP contribution in [0.1, 0.15) is 12.0 Å². The predicted molar refractivity (Wildman–Crippen MR) is 103 cm³/mol. The van der Waals surface area contributed by atoms with E-state index in [1.807, 2.05) is 18.2 Å². The fourth-order valence-electron chi connectivity index (χ4n) is 2.19. The molecule has 2 rings (SSSR count). The van der Waals surface area contributed by atoms with Crippen molar-refractivity contribution in [3.8, 4) is 0 Å². The summed E-state index contributed by atoms with van der Waals surface area (Å²) in [6, 6.07) is 11.3. The quantitative estimate of drug-likeness (QED) is 0.172. The van der Waals surface area contributed by atoms with Gasteiger partial charge in [0, 0.05) is 14.7 Å². The second-order valence-corrected chi connectivity index (χ2v) is 13.3. The molecule has 0 radical (unpaired) electrons. The molecule has 0 N–H and O–H groups in total. The van der Waals surface area contributed by atoms with Gasteiger partial charge in [0.1, 0.15) is 12.9 Å². The molecule has 4 nitrogen and oxygen atoms in total. The number of benzene rings is 1. The molecule has 0 aromatic heterocycles. The van der Waals surface area contributed by atoms with E-state index in [0.29, 0.717) is 26.1 Å². The van der Waals surface area contributed by atoms with Crippen molar-refractivity contribution >= 4 is 8.07 Å². The van der Waals surface area contributed by atoms with E-state index in [9.17, 15) is 0 Å². The van der Waals surface area contributed by atoms with Gasteiger partial charge in [-0.1, -0.05) is 62.1 Å². The summed E-state index contributed by atoms with van der Waals surface area (Å²) in [6.07, 6.45) is 5.43. The van der Waals surface area contributed by atoms with Crippen molar-refractivity contribution in [2.75, 3.05) is 26.6 Å². The predicted octanol–water partition coefficient (Wildman–Crippen LogP) is 4.25. The molecular weight excluding hydrogens is 332 g/mol. The minimum absolute atomic E-state index is 0.0886. The lowest BCUT2D eigenvalue weighted by Crippen LogP contribution is -2.23. The smallest absolute Gasteiger partial charge is 0.147 e. The highest BCUT2D eigenvalue weighted by atomic mass is 28.3. The van der Waals surface area contributed by atoms with Crippen LogP contribution in [0.5, 0.6) is 0 Å². The largest absolute Gasteiger partial charge is 0.374 e. The van der Waals surface area contributed by atoms with Crippen LogP contribution in [0.3, 0.4) is 0 Å². The fraction of sp³-hybridized carbons (Fsp3) is 0.600. The van der Waals surface area contributed by atoms with Gasteiger partial charge in [0.05, 0.1) is 25.9 Å². The number of hydrogen-bond acceptors (Lipinski definition) is 4. The van der Waals surface area contributed by atoms with Crippen LogP contribution in [-0.2, 0) is 25.6 Å². The van der Waals surface area contributed by atoms with Crippen LogP contribution in [0, 0.1) is 0 Å². The average molecular weight is 365 g/mol. The Morgan fingerprint density at radius 1 is 1.20 bits per heavy atom. The molecule has 0 amide bonds. The Labute approximate surface area is 153 Å². The van der Waals surface area contributed by atoms with E-state index in [0.717, 1.165) is 25.7 Å². The minimum atomic E-state index is -1.05. The van der Waals surface area contributed by atoms with E-state index in [4.69, 9.17) is 18.9 Å². The maximum atomic E-state index is 5.84. The first kappa shape index (κ1) is 20.3. The first-order valence-electron chi connectivity index (χ1n) is 9.12. The zero-order valence-electron chi connectivity index (χ0n) is 15.8. The Balaban J connectivity index is 1.67. The third kappa shape index (κ3) is 10.6. The van der Waals surface area contributed by atoms with Gasteiger partial charge in [-0.05, 0) is 18.0 Å². The van der Waals surface area contributed by atoms with Gasteiger partial charge in [0.2, 0.25) is 0 Å². The van der Waals surface area contributed by atoms with E-state index >= 15 is 0 Å². The maximum Gasteiger partial charge on any atom is 0.147 e. The first-order valence-corrected chi connectivity index (χ1v) is 12.8. The Hall–Kier alpha value is -0.983. The fourth-order valence-corrected chi connectivity index (χ4v) is 2.94. The zero-order chi connectivity index (χ0) is 18.0. The molecule has 0 spiro atoms. The topological polar surface area (TPSA) is 40.2 Å². The molecule has 1 aliphatic heterocycles. The highest BCUT2D eigenvalue weighted by molar-refractivity contribution is 6.76. The van der Waals surface area contributed by atoms with Crippen molar-refractivity contribution in [2.45, 2.75) is 50.9 Å². The highest BCUT2D eigenvalue weighted by Crippen LogP contribution is 2.14. The molecule has 1 aliphatic rings. The summed E-state index contributed by atoms with van der Waals surface area (Å²) in [7, 11) is -1.05. The van der Waals surface area contributed by atoms with E-state index in [1.54, 1.807) is 0 Å². The standard InChI is InChI=1S/C20H32O4Si/c1-25(2,3)13-12-21-17-24-19(10-7-11-20-16-23-20)15-22-14-18-8-5-4-6-9-18/h4-10,19-20H,11-17H2,1-3H3/b10-7-/t19-,20+/m0/s1. The van der Waals surface area contributed by atoms with Crippen molar-refractivity contribution in [3.63, 3.8) is 0 Å². The monoisotopic (exact) mass is 364 g/mol. The summed E-state index contributed by atoms with van der Waals surface area (Å²) in [5.74, 6) is 0. The lowest BCUT2D eigenvalue weighted by Gasteiger charge is -2.17. The molecule has 0 unspecified atom stereocenters. The lowest BCUT2D eigenvalue weighted by molar-refractivity contribution is -0.0936. The third-order valence-corrected chi connectivity index (χ3v) is 5.61. The molecule has 25 heavy (non-hydrogen) atoms. The van der Waals surface area contributed by atoms with Gasteiger partial charge in [-0.2, -0.15) is 0 Å². The number of hydrogen-bond donors (Lipinski definition) is 0. The zero-order valence-corrected chi connectivity index (χ0v) is 16.8. The van der Waals surface area contributed by atoms with Gasteiger partial charge in [0.25, 0.3) is 0 Å². The normalized spacial score (nSPS) is 18.6. The van der Waals surface area contributed by atoms with Gasteiger partial charge >= 0.3 is 0 Å². The van der Waals surface area contributed by atoms with Crippen molar-refractivity contribution in [1.82, 2.24) is 0 Å². The molecule has 0 saturated carbocycles. The molecule has 1 fully saturated rings. The molecule has 1 heterocycles. The minimum Gasteiger partial charge on any atom is -0.374 e. The molecule has 140 valence electrons. The highest BCUT2D eigenvalue weighted by Gasteiger charge is 2.20. The van der Waals surface area contributed by atoms with Gasteiger partial charge in [-0.15, -0.1) is 0 Å². The van der Waals surface area contributed by atoms with E-state index < -0.39 is 8.07 Å². The summed E-state index contributed by atoms with van der Waals surface area (Å²) in [4.78, 5) is 0. The van der Waals surface area contributed by atoms with Crippen LogP contribution in [0.2, 0.25) is 25.7 Å². The number of epoxide rings is 1. The van der Waals surface area contributed by atoms with E-state index in [-0.39, 0.29) is 6.10 Å². The molecule has 5 heteroatoms. The van der Waals surface area contributed by atoms with Gasteiger partial charge in [0.15, 0.2) is 0 Å². The molecule has 1 aromatic rings. The van der Waals surface area contributed by atoms with Gasteiger partial charge in [-0.25, -0.2) is 0 Å². The van der Waals surface area contributed by atoms with Crippen LogP contribution in [-0.4, -0.2) is 46.9 Å². The van der Waals surface area contributed by atoms with E-state index in [1.165, 1.54) is 5.56 Å². The van der Waals surface area contributed by atoms with Crippen molar-refractivity contribution in [3.05, 3.63) is 48.0 Å². The summed E-state index contributed by atoms with van der Waals surface area (Å²) in [5, 5.41) is 0. The number of rotatable bonds is 13. The Bertz CT molecular complexity index is 494. The third-order valence-electron chi connectivity index (χ3n) is 3.91. The molecular formula is C20H32O4Si. The Morgan fingerprint density at radius 2 is 1.96 bits per heavy atom. The number of ether oxygens (including phenoxy) is 4. The van der Waals surface area contributed by atoms with Gasteiger partial charge in [-0.3, -0.25) is 0 Å². The molecule has 1 aromatic carbocycles. The van der Waals surface area contributed by atoms with Crippen molar-refractivity contribution < 1.29 is 18.9 Å². The van der Waals surface area contributed by atoms with Crippen LogP contribution in [0.4, 0.5) is 0 Å². The maximum absolute atomic E-state index is 5.84. The van der Waals surface area contributed by atoms with Crippen LogP contribution < -0.4 is 0 Å². The lowest BCUT2D eigenvalue weighted by atomic mass is 10.2. The summed E-state index contributed by atoms with van der Waals surface area (Å²) in [6.45, 7) is 10.1. The second kappa shape index (κ2) is 10.9. The van der Waals surface area contributed by atoms with Crippen molar-refractivity contribution in [2.24, 2.45) is 0 Å². The summed E-state index contributed by atoms with van der Waals surface area (Å²) in [5.41, 5.74) is 1.17. The van der Waals surface area contributed by atoms with E-state index in [2.05, 4.69) is 43.9 Å². The SMILES string of the molecule is C[Si](C)(C)CCOCO[C@@H](/C=C\C[C@@H]1CO1)COCc1ccccc1. The molecule has 0 aliphatic carbocycles. The Kier molecular flexibility index (Phi) is 8.85. The average Bonchev–Trinajstić information content (AvgIpc) is 3.38. The summed E-state index contributed by atoms with van der Waals surface area (Å²) < 4.78 is 22.5. The second-order valence-electron chi connectivity index (χ2n) is 7.66. The first-order chi connectivity index (χ1) is 12.0. The summed E-state index contributed by atoms with van der Waals surface area (Å²) >= 11 is 0. The van der Waals surface area contributed by atoms with Gasteiger partial charge < -0.3 is 18.9 Å².